The third kappa shape index (κ3) is 3.32. The van der Waals surface area contributed by atoms with Crippen molar-refractivity contribution in [2.75, 3.05) is 0 Å². The molecule has 16 heavy (non-hydrogen) atoms. The van der Waals surface area contributed by atoms with E-state index >= 15 is 0 Å². The van der Waals surface area contributed by atoms with Gasteiger partial charge >= 0.3 is 0 Å². The normalized spacial score (nSPS) is 11.9. The number of rotatable bonds is 4. The molecule has 0 saturated carbocycles. The fourth-order valence-corrected chi connectivity index (χ4v) is 4.13. The minimum Gasteiger partial charge on any atom is -0.411 e. The van der Waals surface area contributed by atoms with Crippen LogP contribution in [-0.2, 0) is 4.43 Å². The summed E-state index contributed by atoms with van der Waals surface area (Å²) < 4.78 is 6.07. The van der Waals surface area contributed by atoms with Gasteiger partial charge in [-0.1, -0.05) is 36.4 Å². The smallest absolute Gasteiger partial charge is 0.218 e. The van der Waals surface area contributed by atoms with E-state index < -0.39 is 8.32 Å². The molecule has 2 heteroatoms. The van der Waals surface area contributed by atoms with Crippen LogP contribution in [0.4, 0.5) is 0 Å². The molecule has 0 aliphatic carbocycles. The van der Waals surface area contributed by atoms with Gasteiger partial charge in [-0.15, -0.1) is 0 Å². The van der Waals surface area contributed by atoms with Gasteiger partial charge < -0.3 is 4.43 Å². The summed E-state index contributed by atoms with van der Waals surface area (Å²) in [5.41, 5.74) is 2.32. The van der Waals surface area contributed by atoms with Crippen molar-refractivity contribution < 1.29 is 4.43 Å². The average molecular weight is 234 g/mol. The first-order valence-electron chi connectivity index (χ1n) is 5.77. The van der Waals surface area contributed by atoms with Crippen LogP contribution in [-0.4, -0.2) is 14.4 Å². The molecule has 0 radical (unpaired) electrons. The van der Waals surface area contributed by atoms with Crippen LogP contribution in [0.25, 0.3) is 5.57 Å². The Morgan fingerprint density at radius 1 is 1.31 bits per heavy atom. The lowest BCUT2D eigenvalue weighted by Crippen LogP contribution is -2.46. The zero-order valence-corrected chi connectivity index (χ0v) is 12.0. The van der Waals surface area contributed by atoms with Crippen molar-refractivity contribution in [3.05, 3.63) is 36.4 Å². The van der Waals surface area contributed by atoms with Crippen molar-refractivity contribution in [1.82, 2.24) is 0 Å². The lowest BCUT2D eigenvalue weighted by Gasteiger charge is -2.26. The van der Waals surface area contributed by atoms with Gasteiger partial charge in [0.1, 0.15) is 0 Å². The number of allylic oxidation sites excluding steroid dienone is 1. The molecular weight excluding hydrogens is 212 g/mol. The molecule has 0 fully saturated rings. The second kappa shape index (κ2) is 4.98. The topological polar surface area (TPSA) is 9.23 Å². The summed E-state index contributed by atoms with van der Waals surface area (Å²) >= 11 is 0. The number of benzene rings is 1. The molecule has 0 aromatic heterocycles. The second-order valence-electron chi connectivity index (χ2n) is 5.04. The van der Waals surface area contributed by atoms with Crippen LogP contribution in [0.1, 0.15) is 26.3 Å². The summed E-state index contributed by atoms with van der Waals surface area (Å²) in [6, 6.07) is 8.58. The maximum absolute atomic E-state index is 6.07. The van der Waals surface area contributed by atoms with E-state index in [1.807, 2.05) is 6.92 Å². The van der Waals surface area contributed by atoms with Crippen LogP contribution in [0.15, 0.2) is 30.8 Å². The third-order valence-corrected chi connectivity index (χ3v) is 5.34. The molecule has 0 unspecified atom stereocenters. The van der Waals surface area contributed by atoms with Crippen LogP contribution < -0.4 is 5.19 Å². The van der Waals surface area contributed by atoms with E-state index in [1.165, 1.54) is 10.8 Å². The summed E-state index contributed by atoms with van der Waals surface area (Å²) in [5, 5.41) is 1.33. The van der Waals surface area contributed by atoms with Crippen LogP contribution >= 0.6 is 0 Å². The molecular formula is C14H22OSi. The van der Waals surface area contributed by atoms with Crippen molar-refractivity contribution in [2.45, 2.75) is 40.0 Å². The number of hydrogen-bond donors (Lipinski definition) is 0. The Bertz CT molecular complexity index is 380. The van der Waals surface area contributed by atoms with Gasteiger partial charge in [-0.3, -0.25) is 0 Å². The predicted molar refractivity (Wildman–Crippen MR) is 74.5 cm³/mol. The van der Waals surface area contributed by atoms with Crippen LogP contribution in [0.3, 0.4) is 0 Å². The van der Waals surface area contributed by atoms with Crippen molar-refractivity contribution in [1.29, 1.82) is 0 Å². The molecule has 88 valence electrons. The molecule has 0 spiro atoms. The molecule has 0 heterocycles. The minimum absolute atomic E-state index is 0.287. The first kappa shape index (κ1) is 13.2. The Morgan fingerprint density at radius 3 is 2.44 bits per heavy atom. The minimum atomic E-state index is -1.76. The highest BCUT2D eigenvalue weighted by molar-refractivity contribution is 6.84. The van der Waals surface area contributed by atoms with Gasteiger partial charge in [0.15, 0.2) is 0 Å². The third-order valence-electron chi connectivity index (χ3n) is 2.58. The lowest BCUT2D eigenvalue weighted by molar-refractivity contribution is 0.238. The SMILES string of the molecule is C=C(C)c1cccc([Si](C)(C)OC(C)C)c1. The van der Waals surface area contributed by atoms with Gasteiger partial charge in [0.2, 0.25) is 8.32 Å². The van der Waals surface area contributed by atoms with E-state index in [1.54, 1.807) is 0 Å². The van der Waals surface area contributed by atoms with Crippen molar-refractivity contribution in [3.8, 4) is 0 Å². The summed E-state index contributed by atoms with van der Waals surface area (Å²) in [5.74, 6) is 0. The first-order valence-corrected chi connectivity index (χ1v) is 8.68. The summed E-state index contributed by atoms with van der Waals surface area (Å²) in [4.78, 5) is 0. The molecule has 1 aromatic carbocycles. The molecule has 0 amide bonds. The monoisotopic (exact) mass is 234 g/mol. The first-order chi connectivity index (χ1) is 7.33. The van der Waals surface area contributed by atoms with Gasteiger partial charge in [0.05, 0.1) is 0 Å². The second-order valence-corrected chi connectivity index (χ2v) is 8.87. The molecule has 1 nitrogen and oxygen atoms in total. The van der Waals surface area contributed by atoms with E-state index in [2.05, 4.69) is 57.8 Å². The predicted octanol–water partition coefficient (Wildman–Crippen LogP) is 3.56. The van der Waals surface area contributed by atoms with Crippen LogP contribution in [0, 0.1) is 0 Å². The summed E-state index contributed by atoms with van der Waals surface area (Å²) in [7, 11) is -1.76. The summed E-state index contributed by atoms with van der Waals surface area (Å²) in [6.45, 7) is 14.7. The maximum Gasteiger partial charge on any atom is 0.218 e. The van der Waals surface area contributed by atoms with Gasteiger partial charge in [0.25, 0.3) is 0 Å². The number of hydrogen-bond acceptors (Lipinski definition) is 1. The van der Waals surface area contributed by atoms with Gasteiger partial charge in [-0.2, -0.15) is 0 Å². The maximum atomic E-state index is 6.07. The highest BCUT2D eigenvalue weighted by Gasteiger charge is 2.26. The molecule has 0 aliphatic heterocycles. The lowest BCUT2D eigenvalue weighted by atomic mass is 10.1. The Balaban J connectivity index is 3.03. The van der Waals surface area contributed by atoms with Crippen molar-refractivity contribution in [2.24, 2.45) is 0 Å². The van der Waals surface area contributed by atoms with Crippen molar-refractivity contribution >= 4 is 19.1 Å². The van der Waals surface area contributed by atoms with E-state index in [0.29, 0.717) is 0 Å². The molecule has 0 saturated heterocycles. The Kier molecular flexibility index (Phi) is 4.11. The van der Waals surface area contributed by atoms with Crippen molar-refractivity contribution in [3.63, 3.8) is 0 Å². The molecule has 0 aliphatic rings. The fourth-order valence-electron chi connectivity index (χ4n) is 1.82. The Hall–Kier alpha value is -0.863. The van der Waals surface area contributed by atoms with Gasteiger partial charge in [0, 0.05) is 6.10 Å². The standard InChI is InChI=1S/C14H22OSi/c1-11(2)13-8-7-9-14(10-13)16(5,6)15-12(3)4/h7-10,12H,1H2,2-6H3. The molecule has 0 bridgehead atoms. The highest BCUT2D eigenvalue weighted by atomic mass is 28.4. The molecule has 1 aromatic rings. The zero-order chi connectivity index (χ0) is 12.3. The van der Waals surface area contributed by atoms with Crippen LogP contribution in [0.5, 0.6) is 0 Å². The Labute approximate surface area is 100 Å². The molecule has 0 atom stereocenters. The average Bonchev–Trinajstić information content (AvgIpc) is 2.16. The van der Waals surface area contributed by atoms with Gasteiger partial charge in [-0.05, 0) is 44.6 Å². The van der Waals surface area contributed by atoms with E-state index in [9.17, 15) is 0 Å². The highest BCUT2D eigenvalue weighted by Crippen LogP contribution is 2.13. The Morgan fingerprint density at radius 2 is 1.94 bits per heavy atom. The van der Waals surface area contributed by atoms with E-state index in [-0.39, 0.29) is 6.10 Å². The van der Waals surface area contributed by atoms with E-state index in [0.717, 1.165) is 5.57 Å². The fraction of sp³-hybridized carbons (Fsp3) is 0.429. The molecule has 1 rings (SSSR count). The zero-order valence-electron chi connectivity index (χ0n) is 11.0. The van der Waals surface area contributed by atoms with Gasteiger partial charge in [-0.25, -0.2) is 0 Å². The largest absolute Gasteiger partial charge is 0.411 e. The quantitative estimate of drug-likeness (QED) is 0.724. The van der Waals surface area contributed by atoms with Crippen LogP contribution in [0.2, 0.25) is 13.1 Å². The summed E-state index contributed by atoms with van der Waals surface area (Å²) in [6.07, 6.45) is 0.287. The van der Waals surface area contributed by atoms with E-state index in [4.69, 9.17) is 4.43 Å². The molecule has 0 N–H and O–H groups in total.